The molecule has 0 saturated heterocycles. The standard InChI is InChI=1S/C21H21F4N3O2/c1-2-26-20(29)28(12-14-3-7-16(8-4-14)21(23,24)25)13-18-11-19(27-30-18)15-5-9-17(22)10-6-15/h3-10,18H,2,11-13H2,1H3,(H,26,29)/t18-/m1/s1. The van der Waals surface area contributed by atoms with E-state index < -0.39 is 17.8 Å². The van der Waals surface area contributed by atoms with E-state index in [0.717, 1.165) is 17.7 Å². The average molecular weight is 423 g/mol. The number of halogens is 4. The van der Waals surface area contributed by atoms with Crippen molar-refractivity contribution in [2.75, 3.05) is 13.1 Å². The highest BCUT2D eigenvalue weighted by Crippen LogP contribution is 2.29. The minimum absolute atomic E-state index is 0.121. The highest BCUT2D eigenvalue weighted by molar-refractivity contribution is 6.01. The van der Waals surface area contributed by atoms with Crippen LogP contribution in [-0.2, 0) is 17.6 Å². The molecule has 1 aliphatic heterocycles. The number of carbonyl (C=O) groups is 1. The summed E-state index contributed by atoms with van der Waals surface area (Å²) in [6.07, 6.45) is -4.40. The zero-order valence-corrected chi connectivity index (χ0v) is 16.2. The molecule has 30 heavy (non-hydrogen) atoms. The topological polar surface area (TPSA) is 53.9 Å². The molecule has 2 aromatic rings. The first kappa shape index (κ1) is 21.6. The van der Waals surface area contributed by atoms with Gasteiger partial charge >= 0.3 is 12.2 Å². The molecule has 0 saturated carbocycles. The van der Waals surface area contributed by atoms with E-state index in [1.807, 2.05) is 0 Å². The van der Waals surface area contributed by atoms with Gasteiger partial charge in [-0.3, -0.25) is 0 Å². The molecule has 2 amide bonds. The Morgan fingerprint density at radius 3 is 2.43 bits per heavy atom. The Hall–Kier alpha value is -3.10. The first-order chi connectivity index (χ1) is 14.3. The fourth-order valence-electron chi connectivity index (χ4n) is 3.09. The first-order valence-electron chi connectivity index (χ1n) is 9.43. The van der Waals surface area contributed by atoms with Gasteiger partial charge in [-0.05, 0) is 42.3 Å². The third-order valence-corrected chi connectivity index (χ3v) is 4.60. The second kappa shape index (κ2) is 9.15. The summed E-state index contributed by atoms with van der Waals surface area (Å²) >= 11 is 0. The molecule has 2 aromatic carbocycles. The van der Waals surface area contributed by atoms with Gasteiger partial charge in [0.25, 0.3) is 0 Å². The van der Waals surface area contributed by atoms with Crippen molar-refractivity contribution in [2.24, 2.45) is 5.16 Å². The third kappa shape index (κ3) is 5.49. The van der Waals surface area contributed by atoms with Gasteiger partial charge in [0, 0.05) is 19.5 Å². The quantitative estimate of drug-likeness (QED) is 0.692. The van der Waals surface area contributed by atoms with E-state index in [4.69, 9.17) is 4.84 Å². The average Bonchev–Trinajstić information content (AvgIpc) is 3.16. The Kier molecular flexibility index (Phi) is 6.59. The van der Waals surface area contributed by atoms with Gasteiger partial charge in [0.2, 0.25) is 0 Å². The van der Waals surface area contributed by atoms with Crippen LogP contribution in [0.1, 0.15) is 30.0 Å². The molecule has 0 fully saturated rings. The van der Waals surface area contributed by atoms with Crippen LogP contribution in [-0.4, -0.2) is 35.8 Å². The fraction of sp³-hybridized carbons (Fsp3) is 0.333. The largest absolute Gasteiger partial charge is 0.416 e. The predicted octanol–water partition coefficient (Wildman–Crippen LogP) is 4.57. The number of hydrogen-bond acceptors (Lipinski definition) is 3. The highest BCUT2D eigenvalue weighted by atomic mass is 19.4. The molecule has 3 rings (SSSR count). The molecule has 0 bridgehead atoms. The minimum Gasteiger partial charge on any atom is -0.390 e. The number of hydrogen-bond donors (Lipinski definition) is 1. The van der Waals surface area contributed by atoms with Crippen LogP contribution in [0.25, 0.3) is 0 Å². The molecular weight excluding hydrogens is 402 g/mol. The van der Waals surface area contributed by atoms with Gasteiger partial charge in [-0.2, -0.15) is 13.2 Å². The fourth-order valence-corrected chi connectivity index (χ4v) is 3.09. The summed E-state index contributed by atoms with van der Waals surface area (Å²) < 4.78 is 51.4. The van der Waals surface area contributed by atoms with Crippen LogP contribution in [0.3, 0.4) is 0 Å². The zero-order valence-electron chi connectivity index (χ0n) is 16.2. The van der Waals surface area contributed by atoms with E-state index in [-0.39, 0.29) is 24.9 Å². The number of nitrogens with zero attached hydrogens (tertiary/aromatic N) is 2. The van der Waals surface area contributed by atoms with E-state index in [1.165, 1.54) is 29.2 Å². The molecule has 160 valence electrons. The van der Waals surface area contributed by atoms with Crippen LogP contribution in [0.5, 0.6) is 0 Å². The second-order valence-corrected chi connectivity index (χ2v) is 6.89. The van der Waals surface area contributed by atoms with E-state index in [2.05, 4.69) is 10.5 Å². The van der Waals surface area contributed by atoms with E-state index in [9.17, 15) is 22.4 Å². The lowest BCUT2D eigenvalue weighted by atomic mass is 10.0. The SMILES string of the molecule is CCNC(=O)N(Cc1ccc(C(F)(F)F)cc1)C[C@H]1CC(c2ccc(F)cc2)=NO1. The number of oxime groups is 1. The van der Waals surface area contributed by atoms with Crippen LogP contribution in [0.2, 0.25) is 0 Å². The Morgan fingerprint density at radius 2 is 1.83 bits per heavy atom. The van der Waals surface area contributed by atoms with Crippen LogP contribution in [0.4, 0.5) is 22.4 Å². The van der Waals surface area contributed by atoms with Gasteiger partial charge < -0.3 is 15.1 Å². The van der Waals surface area contributed by atoms with Gasteiger partial charge in [-0.1, -0.05) is 29.4 Å². The van der Waals surface area contributed by atoms with E-state index in [0.29, 0.717) is 24.2 Å². The predicted molar refractivity (Wildman–Crippen MR) is 103 cm³/mol. The van der Waals surface area contributed by atoms with Crippen molar-refractivity contribution in [1.82, 2.24) is 10.2 Å². The van der Waals surface area contributed by atoms with Crippen molar-refractivity contribution in [1.29, 1.82) is 0 Å². The van der Waals surface area contributed by atoms with Crippen LogP contribution in [0.15, 0.2) is 53.7 Å². The lowest BCUT2D eigenvalue weighted by molar-refractivity contribution is -0.137. The number of rotatable bonds is 6. The Labute approximate surface area is 171 Å². The second-order valence-electron chi connectivity index (χ2n) is 6.89. The van der Waals surface area contributed by atoms with Crippen molar-refractivity contribution in [3.8, 4) is 0 Å². The molecule has 1 heterocycles. The summed E-state index contributed by atoms with van der Waals surface area (Å²) in [5, 5.41) is 6.73. The third-order valence-electron chi connectivity index (χ3n) is 4.60. The molecule has 0 aliphatic carbocycles. The molecule has 9 heteroatoms. The van der Waals surface area contributed by atoms with Crippen molar-refractivity contribution < 1.29 is 27.2 Å². The van der Waals surface area contributed by atoms with Gasteiger partial charge in [0.1, 0.15) is 5.82 Å². The van der Waals surface area contributed by atoms with Crippen molar-refractivity contribution in [3.63, 3.8) is 0 Å². The van der Waals surface area contributed by atoms with Crippen LogP contribution < -0.4 is 5.32 Å². The number of urea groups is 1. The summed E-state index contributed by atoms with van der Waals surface area (Å²) in [5.41, 5.74) is 1.19. The molecule has 0 radical (unpaired) electrons. The molecule has 1 atom stereocenters. The van der Waals surface area contributed by atoms with Crippen molar-refractivity contribution in [3.05, 3.63) is 71.0 Å². The molecule has 5 nitrogen and oxygen atoms in total. The molecule has 0 aromatic heterocycles. The Bertz CT molecular complexity index is 896. The Balaban J connectivity index is 1.66. The number of alkyl halides is 3. The molecule has 0 spiro atoms. The highest BCUT2D eigenvalue weighted by Gasteiger charge is 2.30. The number of benzene rings is 2. The van der Waals surface area contributed by atoms with Gasteiger partial charge in [-0.15, -0.1) is 0 Å². The van der Waals surface area contributed by atoms with E-state index >= 15 is 0 Å². The van der Waals surface area contributed by atoms with Crippen LogP contribution in [0, 0.1) is 5.82 Å². The summed E-state index contributed by atoms with van der Waals surface area (Å²) in [7, 11) is 0. The number of nitrogens with one attached hydrogen (secondary N) is 1. The van der Waals surface area contributed by atoms with Gasteiger partial charge in [0.15, 0.2) is 6.10 Å². The molecule has 1 N–H and O–H groups in total. The zero-order chi connectivity index (χ0) is 21.7. The van der Waals surface area contributed by atoms with Gasteiger partial charge in [0.05, 0.1) is 17.8 Å². The normalized spacial score (nSPS) is 16.0. The maximum absolute atomic E-state index is 13.1. The minimum atomic E-state index is -4.41. The monoisotopic (exact) mass is 423 g/mol. The summed E-state index contributed by atoms with van der Waals surface area (Å²) in [6.45, 7) is 2.50. The van der Waals surface area contributed by atoms with E-state index in [1.54, 1.807) is 19.1 Å². The number of amides is 2. The maximum atomic E-state index is 13.1. The molecule has 0 unspecified atom stereocenters. The Morgan fingerprint density at radius 1 is 1.17 bits per heavy atom. The van der Waals surface area contributed by atoms with Gasteiger partial charge in [-0.25, -0.2) is 9.18 Å². The smallest absolute Gasteiger partial charge is 0.390 e. The lowest BCUT2D eigenvalue weighted by Crippen LogP contribution is -2.43. The summed E-state index contributed by atoms with van der Waals surface area (Å²) in [6, 6.07) is 10.2. The number of carbonyl (C=O) groups excluding carboxylic acids is 1. The first-order valence-corrected chi connectivity index (χ1v) is 9.43. The van der Waals surface area contributed by atoms with Crippen molar-refractivity contribution >= 4 is 11.7 Å². The maximum Gasteiger partial charge on any atom is 0.416 e. The lowest BCUT2D eigenvalue weighted by Gasteiger charge is -2.25. The summed E-state index contributed by atoms with van der Waals surface area (Å²) in [4.78, 5) is 19.4. The summed E-state index contributed by atoms with van der Waals surface area (Å²) in [5.74, 6) is -0.353. The van der Waals surface area contributed by atoms with Crippen LogP contribution >= 0.6 is 0 Å². The van der Waals surface area contributed by atoms with Crippen molar-refractivity contribution in [2.45, 2.75) is 32.2 Å². The molecule has 1 aliphatic rings. The molecular formula is C21H21F4N3O2.